The fraction of sp³-hybridized carbons (Fsp3) is 0.304. The smallest absolute Gasteiger partial charge is 0.276 e. The molecule has 0 unspecified atom stereocenters. The molecule has 1 aliphatic rings. The predicted molar refractivity (Wildman–Crippen MR) is 113 cm³/mol. The van der Waals surface area contributed by atoms with Crippen LogP contribution in [0.2, 0.25) is 0 Å². The van der Waals surface area contributed by atoms with Crippen molar-refractivity contribution in [1.82, 2.24) is 10.9 Å². The first-order valence-corrected chi connectivity index (χ1v) is 9.88. The SMILES string of the molecule is CCOc1cc2c(cc1/C=C/C(=O)NNC(=O)COc1ccccc1C)O[C@H](C)C2. The Morgan fingerprint density at radius 3 is 2.73 bits per heavy atom. The van der Waals surface area contributed by atoms with Gasteiger partial charge in [0.25, 0.3) is 11.8 Å². The summed E-state index contributed by atoms with van der Waals surface area (Å²) in [6.45, 7) is 6.11. The molecule has 0 spiro atoms. The van der Waals surface area contributed by atoms with Crippen LogP contribution in [0.4, 0.5) is 0 Å². The molecule has 0 saturated carbocycles. The molecule has 7 nitrogen and oxygen atoms in total. The van der Waals surface area contributed by atoms with Gasteiger partial charge in [-0.05, 0) is 50.6 Å². The van der Waals surface area contributed by atoms with Gasteiger partial charge in [0, 0.05) is 23.6 Å². The van der Waals surface area contributed by atoms with E-state index >= 15 is 0 Å². The number of aryl methyl sites for hydroxylation is 1. The number of benzene rings is 2. The highest BCUT2D eigenvalue weighted by molar-refractivity contribution is 5.93. The van der Waals surface area contributed by atoms with Crippen LogP contribution in [0.1, 0.15) is 30.5 Å². The molecule has 158 valence electrons. The van der Waals surface area contributed by atoms with Gasteiger partial charge in [-0.2, -0.15) is 0 Å². The van der Waals surface area contributed by atoms with Crippen LogP contribution in [0.25, 0.3) is 6.08 Å². The highest BCUT2D eigenvalue weighted by Crippen LogP contribution is 2.35. The monoisotopic (exact) mass is 410 g/mol. The summed E-state index contributed by atoms with van der Waals surface area (Å²) in [5.74, 6) is 1.17. The zero-order chi connectivity index (χ0) is 21.5. The fourth-order valence-corrected chi connectivity index (χ4v) is 3.10. The van der Waals surface area contributed by atoms with Crippen LogP contribution in [-0.4, -0.2) is 31.1 Å². The van der Waals surface area contributed by atoms with E-state index in [9.17, 15) is 9.59 Å². The molecule has 1 aliphatic heterocycles. The molecule has 2 aromatic carbocycles. The number of amides is 2. The van der Waals surface area contributed by atoms with Gasteiger partial charge in [0.05, 0.1) is 6.61 Å². The van der Waals surface area contributed by atoms with Crippen LogP contribution in [0.15, 0.2) is 42.5 Å². The van der Waals surface area contributed by atoms with Gasteiger partial charge in [-0.25, -0.2) is 0 Å². The Morgan fingerprint density at radius 2 is 1.97 bits per heavy atom. The van der Waals surface area contributed by atoms with Crippen LogP contribution < -0.4 is 25.1 Å². The second-order valence-electron chi connectivity index (χ2n) is 6.99. The number of ether oxygens (including phenoxy) is 3. The van der Waals surface area contributed by atoms with E-state index < -0.39 is 11.8 Å². The molecule has 1 heterocycles. The summed E-state index contributed by atoms with van der Waals surface area (Å²) in [4.78, 5) is 24.0. The number of hydrazine groups is 1. The van der Waals surface area contributed by atoms with Gasteiger partial charge in [-0.15, -0.1) is 0 Å². The standard InChI is InChI=1S/C23H26N2O5/c1-4-28-20-13-18-11-16(3)30-21(18)12-17(20)9-10-22(26)24-25-23(27)14-29-19-8-6-5-7-15(19)2/h5-10,12-13,16H,4,11,14H2,1-3H3,(H,24,26)(H,25,27)/b10-9+/t16-/m1/s1. The number of hydrogen-bond acceptors (Lipinski definition) is 5. The Morgan fingerprint density at radius 1 is 1.17 bits per heavy atom. The molecule has 2 amide bonds. The first-order chi connectivity index (χ1) is 14.5. The molecule has 0 saturated heterocycles. The van der Waals surface area contributed by atoms with Gasteiger partial charge in [-0.1, -0.05) is 18.2 Å². The van der Waals surface area contributed by atoms with Crippen molar-refractivity contribution in [3.05, 3.63) is 59.2 Å². The van der Waals surface area contributed by atoms with Crippen molar-refractivity contribution in [1.29, 1.82) is 0 Å². The van der Waals surface area contributed by atoms with Gasteiger partial charge in [0.15, 0.2) is 6.61 Å². The van der Waals surface area contributed by atoms with Crippen molar-refractivity contribution in [2.24, 2.45) is 0 Å². The third kappa shape index (κ3) is 5.53. The number of para-hydroxylation sites is 1. The van der Waals surface area contributed by atoms with Crippen molar-refractivity contribution in [2.45, 2.75) is 33.3 Å². The minimum Gasteiger partial charge on any atom is -0.493 e. The summed E-state index contributed by atoms with van der Waals surface area (Å²) >= 11 is 0. The molecule has 1 atom stereocenters. The fourth-order valence-electron chi connectivity index (χ4n) is 3.10. The molecule has 30 heavy (non-hydrogen) atoms. The molecular weight excluding hydrogens is 384 g/mol. The quantitative estimate of drug-likeness (QED) is 0.541. The van der Waals surface area contributed by atoms with Crippen LogP contribution in [0.5, 0.6) is 17.2 Å². The number of hydrogen-bond donors (Lipinski definition) is 2. The molecule has 2 aromatic rings. The predicted octanol–water partition coefficient (Wildman–Crippen LogP) is 2.96. The highest BCUT2D eigenvalue weighted by Gasteiger charge is 2.21. The average Bonchev–Trinajstić information content (AvgIpc) is 3.09. The minimum atomic E-state index is -0.475. The summed E-state index contributed by atoms with van der Waals surface area (Å²) in [6.07, 6.45) is 3.90. The van der Waals surface area contributed by atoms with E-state index in [1.807, 2.05) is 51.1 Å². The van der Waals surface area contributed by atoms with Gasteiger partial charge < -0.3 is 14.2 Å². The lowest BCUT2D eigenvalue weighted by Crippen LogP contribution is -2.43. The van der Waals surface area contributed by atoms with Crippen molar-refractivity contribution in [3.8, 4) is 17.2 Å². The summed E-state index contributed by atoms with van der Waals surface area (Å²) in [5, 5.41) is 0. The number of carbonyl (C=O) groups excluding carboxylic acids is 2. The topological polar surface area (TPSA) is 85.9 Å². The van der Waals surface area contributed by atoms with Crippen LogP contribution in [0.3, 0.4) is 0 Å². The largest absolute Gasteiger partial charge is 0.493 e. The van der Waals surface area contributed by atoms with Crippen molar-refractivity contribution >= 4 is 17.9 Å². The molecule has 2 N–H and O–H groups in total. The van der Waals surface area contributed by atoms with Crippen LogP contribution >= 0.6 is 0 Å². The second kappa shape index (κ2) is 9.82. The lowest BCUT2D eigenvalue weighted by molar-refractivity contribution is -0.128. The molecule has 0 fully saturated rings. The maximum atomic E-state index is 12.1. The van der Waals surface area contributed by atoms with Gasteiger partial charge >= 0.3 is 0 Å². The first kappa shape index (κ1) is 21.2. The van der Waals surface area contributed by atoms with Crippen molar-refractivity contribution in [2.75, 3.05) is 13.2 Å². The Kier molecular flexibility index (Phi) is 6.95. The minimum absolute atomic E-state index is 0.120. The van der Waals surface area contributed by atoms with E-state index in [0.29, 0.717) is 18.1 Å². The average molecular weight is 410 g/mol. The van der Waals surface area contributed by atoms with Gasteiger partial charge in [0.2, 0.25) is 0 Å². The summed E-state index contributed by atoms with van der Waals surface area (Å²) < 4.78 is 16.9. The van der Waals surface area contributed by atoms with E-state index in [1.165, 1.54) is 6.08 Å². The first-order valence-electron chi connectivity index (χ1n) is 9.88. The molecule has 3 rings (SSSR count). The third-order valence-corrected chi connectivity index (χ3v) is 4.52. The molecule has 7 heteroatoms. The highest BCUT2D eigenvalue weighted by atomic mass is 16.5. The number of carbonyl (C=O) groups is 2. The molecule has 0 bridgehead atoms. The maximum absolute atomic E-state index is 12.1. The van der Waals surface area contributed by atoms with E-state index in [1.54, 1.807) is 12.1 Å². The number of nitrogens with one attached hydrogen (secondary N) is 2. The zero-order valence-electron chi connectivity index (χ0n) is 17.4. The second-order valence-corrected chi connectivity index (χ2v) is 6.99. The molecule has 0 radical (unpaired) electrons. The van der Waals surface area contributed by atoms with Gasteiger partial charge in [-0.3, -0.25) is 20.4 Å². The molecule has 0 aromatic heterocycles. The summed E-state index contributed by atoms with van der Waals surface area (Å²) in [5.41, 5.74) is 7.41. The van der Waals surface area contributed by atoms with E-state index in [2.05, 4.69) is 10.9 Å². The molecule has 0 aliphatic carbocycles. The summed E-state index contributed by atoms with van der Waals surface area (Å²) in [7, 11) is 0. The van der Waals surface area contributed by atoms with Crippen molar-refractivity contribution in [3.63, 3.8) is 0 Å². The zero-order valence-corrected chi connectivity index (χ0v) is 17.4. The summed E-state index contributed by atoms with van der Waals surface area (Å²) in [6, 6.07) is 11.2. The van der Waals surface area contributed by atoms with Crippen LogP contribution in [-0.2, 0) is 16.0 Å². The number of fused-ring (bicyclic) bond motifs is 1. The van der Waals surface area contributed by atoms with E-state index in [4.69, 9.17) is 14.2 Å². The Hall–Kier alpha value is -3.48. The normalized spacial score (nSPS) is 14.7. The van der Waals surface area contributed by atoms with E-state index in [0.717, 1.165) is 28.9 Å². The third-order valence-electron chi connectivity index (χ3n) is 4.52. The lowest BCUT2D eigenvalue weighted by Gasteiger charge is -2.10. The molecular formula is C23H26N2O5. The maximum Gasteiger partial charge on any atom is 0.276 e. The van der Waals surface area contributed by atoms with Crippen LogP contribution in [0, 0.1) is 6.92 Å². The Balaban J connectivity index is 1.54. The lowest BCUT2D eigenvalue weighted by atomic mass is 10.1. The number of rotatable bonds is 7. The Bertz CT molecular complexity index is 955. The Labute approximate surface area is 176 Å². The van der Waals surface area contributed by atoms with E-state index in [-0.39, 0.29) is 12.7 Å². The van der Waals surface area contributed by atoms with Crippen molar-refractivity contribution < 1.29 is 23.8 Å². The van der Waals surface area contributed by atoms with Gasteiger partial charge in [0.1, 0.15) is 23.4 Å².